The van der Waals surface area contributed by atoms with Crippen LogP contribution in [0, 0.1) is 5.92 Å². The average molecular weight is 489 g/mol. The van der Waals surface area contributed by atoms with E-state index in [-0.39, 0.29) is 59.2 Å². The molecule has 33 heavy (non-hydrogen) atoms. The number of benzene rings is 2. The van der Waals surface area contributed by atoms with Crippen LogP contribution in [-0.4, -0.2) is 59.5 Å². The van der Waals surface area contributed by atoms with Crippen molar-refractivity contribution in [2.45, 2.75) is 25.3 Å². The van der Waals surface area contributed by atoms with E-state index >= 15 is 0 Å². The monoisotopic (exact) mass is 488 g/mol. The van der Waals surface area contributed by atoms with E-state index in [1.54, 1.807) is 41.3 Å². The van der Waals surface area contributed by atoms with Crippen molar-refractivity contribution in [2.24, 2.45) is 5.92 Å². The number of halogens is 1. The highest BCUT2D eigenvalue weighted by Crippen LogP contribution is 2.25. The summed E-state index contributed by atoms with van der Waals surface area (Å²) in [5.41, 5.74) is -0.0280. The summed E-state index contributed by atoms with van der Waals surface area (Å²) in [5, 5.41) is 5.51. The Morgan fingerprint density at radius 2 is 1.61 bits per heavy atom. The number of fused-ring (bicyclic) bond motifs is 1. The molecule has 2 heterocycles. The van der Waals surface area contributed by atoms with Crippen molar-refractivity contribution in [1.82, 2.24) is 19.0 Å². The number of hydrogen-bond donors (Lipinski definition) is 0. The first kappa shape index (κ1) is 23.4. The van der Waals surface area contributed by atoms with Gasteiger partial charge in [0.1, 0.15) is 4.90 Å². The summed E-state index contributed by atoms with van der Waals surface area (Å²) in [6, 6.07) is 13.3. The molecule has 3 aromatic rings. The van der Waals surface area contributed by atoms with Gasteiger partial charge in [-0.05, 0) is 24.1 Å². The number of carbonyl (C=O) groups excluding carboxylic acids is 1. The van der Waals surface area contributed by atoms with Crippen LogP contribution in [0.25, 0.3) is 10.8 Å². The van der Waals surface area contributed by atoms with Crippen LogP contribution < -0.4 is 5.56 Å². The largest absolute Gasteiger partial charge is 0.335 e. The summed E-state index contributed by atoms with van der Waals surface area (Å²) < 4.78 is 28.7. The van der Waals surface area contributed by atoms with Gasteiger partial charge in [0.25, 0.3) is 11.5 Å². The van der Waals surface area contributed by atoms with Gasteiger partial charge >= 0.3 is 0 Å². The van der Waals surface area contributed by atoms with Crippen LogP contribution in [-0.2, 0) is 16.6 Å². The SMILES string of the molecule is CC(C)Cn1nc(C(=O)N2CCN(S(=O)(=O)c3ccccc3Cl)CC2)c2ccccc2c1=O. The van der Waals surface area contributed by atoms with E-state index in [1.165, 1.54) is 21.1 Å². The first-order valence-corrected chi connectivity index (χ1v) is 12.6. The van der Waals surface area contributed by atoms with Crippen molar-refractivity contribution in [3.8, 4) is 0 Å². The molecule has 0 unspecified atom stereocenters. The highest BCUT2D eigenvalue weighted by Gasteiger charge is 2.32. The van der Waals surface area contributed by atoms with Crippen molar-refractivity contribution in [3.05, 3.63) is 69.6 Å². The zero-order valence-corrected chi connectivity index (χ0v) is 20.0. The maximum absolute atomic E-state index is 13.4. The summed E-state index contributed by atoms with van der Waals surface area (Å²) in [6.07, 6.45) is 0. The fourth-order valence-electron chi connectivity index (χ4n) is 3.94. The number of amides is 1. The molecule has 1 fully saturated rings. The van der Waals surface area contributed by atoms with Gasteiger partial charge in [-0.3, -0.25) is 9.59 Å². The lowest BCUT2D eigenvalue weighted by molar-refractivity contribution is 0.0691. The maximum atomic E-state index is 13.4. The lowest BCUT2D eigenvalue weighted by Crippen LogP contribution is -2.51. The van der Waals surface area contributed by atoms with Crippen molar-refractivity contribution in [3.63, 3.8) is 0 Å². The van der Waals surface area contributed by atoms with Gasteiger partial charge in [0.2, 0.25) is 10.0 Å². The van der Waals surface area contributed by atoms with Crippen LogP contribution >= 0.6 is 11.6 Å². The lowest BCUT2D eigenvalue weighted by atomic mass is 10.1. The quantitative estimate of drug-likeness (QED) is 0.550. The van der Waals surface area contributed by atoms with Crippen LogP contribution in [0.1, 0.15) is 24.3 Å². The van der Waals surface area contributed by atoms with Crippen LogP contribution in [0.15, 0.2) is 58.2 Å². The summed E-state index contributed by atoms with van der Waals surface area (Å²) in [6.45, 7) is 5.05. The van der Waals surface area contributed by atoms with E-state index in [0.29, 0.717) is 17.3 Å². The van der Waals surface area contributed by atoms with Gasteiger partial charge in [-0.2, -0.15) is 9.40 Å². The Morgan fingerprint density at radius 3 is 2.24 bits per heavy atom. The van der Waals surface area contributed by atoms with E-state index in [1.807, 2.05) is 13.8 Å². The smallest absolute Gasteiger partial charge is 0.275 e. The normalized spacial score (nSPS) is 15.3. The number of carbonyl (C=O) groups is 1. The molecule has 1 aliphatic rings. The highest BCUT2D eigenvalue weighted by molar-refractivity contribution is 7.89. The van der Waals surface area contributed by atoms with E-state index in [2.05, 4.69) is 5.10 Å². The minimum Gasteiger partial charge on any atom is -0.335 e. The molecular weight excluding hydrogens is 464 g/mol. The molecule has 1 saturated heterocycles. The van der Waals surface area contributed by atoms with Crippen molar-refractivity contribution in [2.75, 3.05) is 26.2 Å². The molecule has 0 saturated carbocycles. The summed E-state index contributed by atoms with van der Waals surface area (Å²) in [4.78, 5) is 27.9. The third kappa shape index (κ3) is 4.53. The Morgan fingerprint density at radius 1 is 1.00 bits per heavy atom. The number of rotatable bonds is 5. The van der Waals surface area contributed by atoms with Crippen LogP contribution in [0.5, 0.6) is 0 Å². The second kappa shape index (κ2) is 9.24. The average Bonchev–Trinajstić information content (AvgIpc) is 2.80. The van der Waals surface area contributed by atoms with Crippen LogP contribution in [0.2, 0.25) is 5.02 Å². The second-order valence-corrected chi connectivity index (χ2v) is 10.7. The van der Waals surface area contributed by atoms with Gasteiger partial charge in [0.05, 0.1) is 10.4 Å². The van der Waals surface area contributed by atoms with E-state index in [9.17, 15) is 18.0 Å². The molecule has 0 aliphatic carbocycles. The lowest BCUT2D eigenvalue weighted by Gasteiger charge is -2.34. The molecule has 0 radical (unpaired) electrons. The van der Waals surface area contributed by atoms with Gasteiger partial charge in [0.15, 0.2) is 5.69 Å². The molecule has 0 bridgehead atoms. The van der Waals surface area contributed by atoms with Gasteiger partial charge < -0.3 is 4.90 Å². The molecular formula is C23H25ClN4O4S. The number of sulfonamides is 1. The molecule has 174 valence electrons. The summed E-state index contributed by atoms with van der Waals surface area (Å²) in [5.74, 6) is -0.142. The first-order valence-electron chi connectivity index (χ1n) is 10.7. The Balaban J connectivity index is 1.60. The van der Waals surface area contributed by atoms with Crippen molar-refractivity contribution >= 4 is 38.3 Å². The Hall–Kier alpha value is -2.75. The molecule has 8 nitrogen and oxygen atoms in total. The van der Waals surface area contributed by atoms with Gasteiger partial charge in [-0.1, -0.05) is 55.8 Å². The molecule has 1 aliphatic heterocycles. The highest BCUT2D eigenvalue weighted by atomic mass is 35.5. The van der Waals surface area contributed by atoms with Crippen LogP contribution in [0.4, 0.5) is 0 Å². The predicted molar refractivity (Wildman–Crippen MR) is 127 cm³/mol. The van der Waals surface area contributed by atoms with Crippen molar-refractivity contribution < 1.29 is 13.2 Å². The Bertz CT molecular complexity index is 1360. The second-order valence-electron chi connectivity index (χ2n) is 8.40. The summed E-state index contributed by atoms with van der Waals surface area (Å²) in [7, 11) is -3.76. The molecule has 1 aromatic heterocycles. The molecule has 1 amide bonds. The van der Waals surface area contributed by atoms with Gasteiger partial charge in [-0.25, -0.2) is 13.1 Å². The zero-order valence-electron chi connectivity index (χ0n) is 18.4. The fourth-order valence-corrected chi connectivity index (χ4v) is 5.85. The third-order valence-electron chi connectivity index (χ3n) is 5.59. The fraction of sp³-hybridized carbons (Fsp3) is 0.348. The maximum Gasteiger partial charge on any atom is 0.275 e. The molecule has 0 N–H and O–H groups in total. The number of hydrogen-bond acceptors (Lipinski definition) is 5. The Labute approximate surface area is 197 Å². The summed E-state index contributed by atoms with van der Waals surface area (Å²) >= 11 is 6.10. The molecule has 0 spiro atoms. The molecule has 10 heteroatoms. The van der Waals surface area contributed by atoms with Gasteiger partial charge in [0, 0.05) is 38.1 Å². The van der Waals surface area contributed by atoms with E-state index < -0.39 is 10.0 Å². The Kier molecular flexibility index (Phi) is 6.56. The first-order chi connectivity index (χ1) is 15.7. The molecule has 2 aromatic carbocycles. The molecule has 4 rings (SSSR count). The number of aromatic nitrogens is 2. The molecule has 0 atom stereocenters. The number of piperazine rings is 1. The third-order valence-corrected chi connectivity index (χ3v) is 7.99. The van der Waals surface area contributed by atoms with Crippen LogP contribution in [0.3, 0.4) is 0 Å². The standard InChI is InChI=1S/C23H25ClN4O4S/c1-16(2)15-28-22(29)18-8-4-3-7-17(18)21(25-28)23(30)26-11-13-27(14-12-26)33(31,32)20-10-6-5-9-19(20)24/h3-10,16H,11-15H2,1-2H3. The van der Waals surface area contributed by atoms with E-state index in [0.717, 1.165) is 0 Å². The van der Waals surface area contributed by atoms with Gasteiger partial charge in [-0.15, -0.1) is 0 Å². The zero-order chi connectivity index (χ0) is 23.8. The topological polar surface area (TPSA) is 92.6 Å². The number of nitrogens with zero attached hydrogens (tertiary/aromatic N) is 4. The predicted octanol–water partition coefficient (Wildman–Crippen LogP) is 2.85. The van der Waals surface area contributed by atoms with Crippen molar-refractivity contribution in [1.29, 1.82) is 0 Å². The van der Waals surface area contributed by atoms with E-state index in [4.69, 9.17) is 11.6 Å². The minimum atomic E-state index is -3.76. The minimum absolute atomic E-state index is 0.0554.